The van der Waals surface area contributed by atoms with Gasteiger partial charge < -0.3 is 5.32 Å². The van der Waals surface area contributed by atoms with Crippen LogP contribution in [0.3, 0.4) is 0 Å². The molecule has 2 N–H and O–H groups in total. The maximum Gasteiger partial charge on any atom is 0.237 e. The standard InChI is InChI=1S/C14H24N2O/c1-4-10-15-13(11(2)3)14(17)16-12-8-6-5-7-9-12/h1,11-13,15H,5-10H2,2-3H3,(H,16,17)/t13-/m0/s1. The lowest BCUT2D eigenvalue weighted by Gasteiger charge is -2.27. The quantitative estimate of drug-likeness (QED) is 0.713. The van der Waals surface area contributed by atoms with Gasteiger partial charge in [-0.3, -0.25) is 10.1 Å². The molecule has 3 heteroatoms. The fraction of sp³-hybridized carbons (Fsp3) is 0.786. The SMILES string of the molecule is C#CCN[C@H](C(=O)NC1CCCCC1)C(C)C. The Morgan fingerprint density at radius 1 is 1.35 bits per heavy atom. The summed E-state index contributed by atoms with van der Waals surface area (Å²) in [5, 5.41) is 6.25. The van der Waals surface area contributed by atoms with E-state index in [1.165, 1.54) is 19.3 Å². The number of hydrogen-bond acceptors (Lipinski definition) is 2. The van der Waals surface area contributed by atoms with E-state index in [2.05, 4.69) is 16.6 Å². The average molecular weight is 236 g/mol. The van der Waals surface area contributed by atoms with Crippen LogP contribution in [0.4, 0.5) is 0 Å². The Hall–Kier alpha value is -1.01. The molecule has 1 saturated carbocycles. The summed E-state index contributed by atoms with van der Waals surface area (Å²) in [7, 11) is 0. The van der Waals surface area contributed by atoms with Gasteiger partial charge in [0.05, 0.1) is 12.6 Å². The van der Waals surface area contributed by atoms with Gasteiger partial charge in [-0.15, -0.1) is 6.42 Å². The van der Waals surface area contributed by atoms with E-state index < -0.39 is 0 Å². The van der Waals surface area contributed by atoms with E-state index in [1.807, 2.05) is 13.8 Å². The van der Waals surface area contributed by atoms with Crippen LogP contribution in [-0.4, -0.2) is 24.5 Å². The second-order valence-corrected chi connectivity index (χ2v) is 5.15. The minimum absolute atomic E-state index is 0.0992. The molecule has 17 heavy (non-hydrogen) atoms. The van der Waals surface area contributed by atoms with Gasteiger partial charge in [-0.1, -0.05) is 39.0 Å². The molecule has 1 aliphatic carbocycles. The van der Waals surface area contributed by atoms with Gasteiger partial charge in [-0.25, -0.2) is 0 Å². The fourth-order valence-corrected chi connectivity index (χ4v) is 2.34. The van der Waals surface area contributed by atoms with Crippen molar-refractivity contribution in [3.05, 3.63) is 0 Å². The van der Waals surface area contributed by atoms with Crippen molar-refractivity contribution >= 4 is 5.91 Å². The molecule has 1 atom stereocenters. The summed E-state index contributed by atoms with van der Waals surface area (Å²) in [5.41, 5.74) is 0. The molecule has 1 amide bonds. The third-order valence-electron chi connectivity index (χ3n) is 3.32. The number of nitrogens with one attached hydrogen (secondary N) is 2. The first-order valence-corrected chi connectivity index (χ1v) is 6.62. The lowest BCUT2D eigenvalue weighted by atomic mass is 9.94. The van der Waals surface area contributed by atoms with Crippen LogP contribution in [0.1, 0.15) is 46.0 Å². The Morgan fingerprint density at radius 3 is 2.53 bits per heavy atom. The van der Waals surface area contributed by atoms with E-state index >= 15 is 0 Å². The van der Waals surface area contributed by atoms with Crippen molar-refractivity contribution in [3.8, 4) is 12.3 Å². The van der Waals surface area contributed by atoms with E-state index in [9.17, 15) is 4.79 Å². The molecule has 1 rings (SSSR count). The molecule has 0 spiro atoms. The molecule has 0 radical (unpaired) electrons. The van der Waals surface area contributed by atoms with E-state index in [1.54, 1.807) is 0 Å². The number of terminal acetylenes is 1. The molecule has 1 aliphatic rings. The van der Waals surface area contributed by atoms with Crippen LogP contribution in [0.5, 0.6) is 0 Å². The number of carbonyl (C=O) groups is 1. The monoisotopic (exact) mass is 236 g/mol. The van der Waals surface area contributed by atoms with Gasteiger partial charge in [0.2, 0.25) is 5.91 Å². The smallest absolute Gasteiger partial charge is 0.237 e. The number of rotatable bonds is 5. The zero-order chi connectivity index (χ0) is 12.7. The van der Waals surface area contributed by atoms with Crippen LogP contribution in [0.25, 0.3) is 0 Å². The third-order valence-corrected chi connectivity index (χ3v) is 3.32. The highest BCUT2D eigenvalue weighted by Gasteiger charge is 2.24. The zero-order valence-corrected chi connectivity index (χ0v) is 11.0. The summed E-state index contributed by atoms with van der Waals surface area (Å²) in [6.07, 6.45) is 11.2. The first-order valence-electron chi connectivity index (χ1n) is 6.62. The molecule has 0 heterocycles. The highest BCUT2D eigenvalue weighted by Crippen LogP contribution is 2.17. The Morgan fingerprint density at radius 2 is 2.00 bits per heavy atom. The average Bonchev–Trinajstić information content (AvgIpc) is 2.30. The summed E-state index contributed by atoms with van der Waals surface area (Å²) >= 11 is 0. The lowest BCUT2D eigenvalue weighted by Crippen LogP contribution is -2.50. The highest BCUT2D eigenvalue weighted by molar-refractivity contribution is 5.82. The first-order chi connectivity index (χ1) is 8.15. The van der Waals surface area contributed by atoms with Gasteiger partial charge in [0, 0.05) is 6.04 Å². The number of carbonyl (C=O) groups excluding carboxylic acids is 1. The third kappa shape index (κ3) is 4.79. The van der Waals surface area contributed by atoms with Crippen LogP contribution in [-0.2, 0) is 4.79 Å². The molecule has 0 aromatic carbocycles. The maximum absolute atomic E-state index is 12.1. The number of hydrogen-bond donors (Lipinski definition) is 2. The van der Waals surface area contributed by atoms with Gasteiger partial charge >= 0.3 is 0 Å². The Labute approximate surface area is 105 Å². The van der Waals surface area contributed by atoms with E-state index in [4.69, 9.17) is 6.42 Å². The normalized spacial score (nSPS) is 18.7. The molecule has 0 saturated heterocycles. The van der Waals surface area contributed by atoms with Gasteiger partial charge in [0.15, 0.2) is 0 Å². The van der Waals surface area contributed by atoms with Crippen LogP contribution >= 0.6 is 0 Å². The van der Waals surface area contributed by atoms with Crippen LogP contribution < -0.4 is 10.6 Å². The molecule has 0 aromatic rings. The first kappa shape index (κ1) is 14.1. The molecule has 1 fully saturated rings. The minimum Gasteiger partial charge on any atom is -0.352 e. The summed E-state index contributed by atoms with van der Waals surface area (Å²) in [5.74, 6) is 2.88. The van der Waals surface area contributed by atoms with Crippen molar-refractivity contribution in [2.24, 2.45) is 5.92 Å². The molecule has 96 valence electrons. The molecular formula is C14H24N2O. The topological polar surface area (TPSA) is 41.1 Å². The predicted molar refractivity (Wildman–Crippen MR) is 70.5 cm³/mol. The van der Waals surface area contributed by atoms with Crippen molar-refractivity contribution in [3.63, 3.8) is 0 Å². The van der Waals surface area contributed by atoms with E-state index in [-0.39, 0.29) is 17.9 Å². The predicted octanol–water partition coefficient (Wildman–Crippen LogP) is 1.68. The van der Waals surface area contributed by atoms with Crippen LogP contribution in [0.15, 0.2) is 0 Å². The van der Waals surface area contributed by atoms with Crippen molar-refractivity contribution < 1.29 is 4.79 Å². The molecular weight excluding hydrogens is 212 g/mol. The summed E-state index contributed by atoms with van der Waals surface area (Å²) < 4.78 is 0. The second kappa shape index (κ2) is 7.34. The zero-order valence-electron chi connectivity index (χ0n) is 11.0. The minimum atomic E-state index is -0.173. The van der Waals surface area contributed by atoms with Gasteiger partial charge in [0.1, 0.15) is 0 Å². The molecule has 3 nitrogen and oxygen atoms in total. The Balaban J connectivity index is 2.43. The summed E-state index contributed by atoms with van der Waals surface area (Å²) in [4.78, 5) is 12.1. The van der Waals surface area contributed by atoms with Crippen molar-refractivity contribution in [1.29, 1.82) is 0 Å². The van der Waals surface area contributed by atoms with Gasteiger partial charge in [-0.05, 0) is 18.8 Å². The van der Waals surface area contributed by atoms with E-state index in [0.29, 0.717) is 12.6 Å². The van der Waals surface area contributed by atoms with Crippen molar-refractivity contribution in [2.45, 2.75) is 58.0 Å². The van der Waals surface area contributed by atoms with Gasteiger partial charge in [-0.2, -0.15) is 0 Å². The maximum atomic E-state index is 12.1. The fourth-order valence-electron chi connectivity index (χ4n) is 2.34. The second-order valence-electron chi connectivity index (χ2n) is 5.15. The molecule has 0 aliphatic heterocycles. The van der Waals surface area contributed by atoms with Crippen LogP contribution in [0, 0.1) is 18.3 Å². The summed E-state index contributed by atoms with van der Waals surface area (Å²) in [6.45, 7) is 4.52. The van der Waals surface area contributed by atoms with Gasteiger partial charge in [0.25, 0.3) is 0 Å². The Bertz CT molecular complexity index is 274. The number of amides is 1. The lowest BCUT2D eigenvalue weighted by molar-refractivity contribution is -0.125. The molecule has 0 unspecified atom stereocenters. The Kier molecular flexibility index (Phi) is 6.07. The summed E-state index contributed by atoms with van der Waals surface area (Å²) in [6, 6.07) is 0.193. The van der Waals surface area contributed by atoms with Crippen molar-refractivity contribution in [2.75, 3.05) is 6.54 Å². The van der Waals surface area contributed by atoms with E-state index in [0.717, 1.165) is 12.8 Å². The molecule has 0 aromatic heterocycles. The van der Waals surface area contributed by atoms with Crippen molar-refractivity contribution in [1.82, 2.24) is 10.6 Å². The van der Waals surface area contributed by atoms with Crippen LogP contribution in [0.2, 0.25) is 0 Å². The highest BCUT2D eigenvalue weighted by atomic mass is 16.2. The largest absolute Gasteiger partial charge is 0.352 e. The molecule has 0 bridgehead atoms.